The quantitative estimate of drug-likeness (QED) is 0.819. The van der Waals surface area contributed by atoms with E-state index in [1.54, 1.807) is 0 Å². The van der Waals surface area contributed by atoms with Crippen LogP contribution in [0.5, 0.6) is 0 Å². The van der Waals surface area contributed by atoms with Gasteiger partial charge in [0.25, 0.3) is 0 Å². The molecule has 0 aromatic heterocycles. The molecule has 1 aliphatic carbocycles. The molecule has 2 heteroatoms. The zero-order chi connectivity index (χ0) is 11.9. The monoisotopic (exact) mass is 231 g/mol. The molecule has 2 fully saturated rings. The third-order valence-corrected chi connectivity index (χ3v) is 4.65. The highest BCUT2D eigenvalue weighted by Crippen LogP contribution is 2.40. The highest BCUT2D eigenvalue weighted by molar-refractivity contribution is 5.24. The molecule has 1 aliphatic heterocycles. The van der Waals surface area contributed by atoms with E-state index in [-0.39, 0.29) is 6.04 Å². The summed E-state index contributed by atoms with van der Waals surface area (Å²) in [6, 6.07) is 10.9. The Balaban J connectivity index is 1.80. The Morgan fingerprint density at radius 1 is 1.24 bits per heavy atom. The van der Waals surface area contributed by atoms with Crippen molar-refractivity contribution in [2.24, 2.45) is 5.92 Å². The molecule has 2 N–H and O–H groups in total. The maximum Gasteiger partial charge on any atom is 0.102 e. The van der Waals surface area contributed by atoms with E-state index in [1.807, 2.05) is 37.3 Å². The van der Waals surface area contributed by atoms with E-state index in [0.29, 0.717) is 6.04 Å². The van der Waals surface area contributed by atoms with Crippen molar-refractivity contribution < 1.29 is 5.11 Å². The topological polar surface area (TPSA) is 32.3 Å². The van der Waals surface area contributed by atoms with Gasteiger partial charge < -0.3 is 10.4 Å². The first-order chi connectivity index (χ1) is 8.18. The third-order valence-electron chi connectivity index (χ3n) is 4.65. The van der Waals surface area contributed by atoms with E-state index in [4.69, 9.17) is 0 Å². The number of hydrogen-bond acceptors (Lipinski definition) is 2. The summed E-state index contributed by atoms with van der Waals surface area (Å²) in [6.45, 7) is 1.95. The predicted molar refractivity (Wildman–Crippen MR) is 68.7 cm³/mol. The second-order valence-corrected chi connectivity index (χ2v) is 5.77. The minimum Gasteiger partial charge on any atom is -0.384 e. The van der Waals surface area contributed by atoms with Crippen molar-refractivity contribution in [3.63, 3.8) is 0 Å². The summed E-state index contributed by atoms with van der Waals surface area (Å²) >= 11 is 0. The Morgan fingerprint density at radius 3 is 2.71 bits per heavy atom. The molecule has 3 rings (SSSR count). The summed E-state index contributed by atoms with van der Waals surface area (Å²) in [5.41, 5.74) is 0.281. The van der Waals surface area contributed by atoms with E-state index in [2.05, 4.69) is 5.32 Å². The van der Waals surface area contributed by atoms with Gasteiger partial charge in [-0.1, -0.05) is 36.8 Å². The average Bonchev–Trinajstić information content (AvgIpc) is 2.90. The van der Waals surface area contributed by atoms with Crippen molar-refractivity contribution in [1.82, 2.24) is 5.32 Å². The Morgan fingerprint density at radius 2 is 2.00 bits per heavy atom. The zero-order valence-electron chi connectivity index (χ0n) is 10.4. The van der Waals surface area contributed by atoms with Crippen molar-refractivity contribution >= 4 is 0 Å². The molecule has 0 radical (unpaired) electrons. The first-order valence-corrected chi connectivity index (χ1v) is 6.72. The van der Waals surface area contributed by atoms with E-state index in [1.165, 1.54) is 19.3 Å². The lowest BCUT2D eigenvalue weighted by atomic mass is 9.85. The van der Waals surface area contributed by atoms with Crippen LogP contribution in [0.25, 0.3) is 0 Å². The number of hydrogen-bond donors (Lipinski definition) is 2. The van der Waals surface area contributed by atoms with Crippen molar-refractivity contribution in [3.05, 3.63) is 35.9 Å². The van der Waals surface area contributed by atoms with E-state index in [0.717, 1.165) is 17.9 Å². The van der Waals surface area contributed by atoms with Gasteiger partial charge in [0.2, 0.25) is 0 Å². The molecule has 2 aliphatic rings. The molecule has 17 heavy (non-hydrogen) atoms. The molecule has 92 valence electrons. The van der Waals surface area contributed by atoms with Crippen molar-refractivity contribution in [2.45, 2.75) is 50.3 Å². The van der Waals surface area contributed by atoms with Crippen LogP contribution in [0, 0.1) is 5.92 Å². The molecule has 1 unspecified atom stereocenters. The summed E-state index contributed by atoms with van der Waals surface area (Å²) in [5.74, 6) is 0.787. The molecule has 1 saturated carbocycles. The normalized spacial score (nSPS) is 35.5. The summed E-state index contributed by atoms with van der Waals surface area (Å²) in [6.07, 6.45) is 5.08. The second-order valence-electron chi connectivity index (χ2n) is 5.77. The van der Waals surface area contributed by atoms with Gasteiger partial charge in [-0.3, -0.25) is 0 Å². The van der Waals surface area contributed by atoms with Crippen LogP contribution >= 0.6 is 0 Å². The third kappa shape index (κ3) is 1.90. The molecular formula is C15H21NO. The molecule has 1 saturated heterocycles. The molecule has 4 atom stereocenters. The summed E-state index contributed by atoms with van der Waals surface area (Å²) in [4.78, 5) is 0. The van der Waals surface area contributed by atoms with Crippen molar-refractivity contribution in [1.29, 1.82) is 0 Å². The van der Waals surface area contributed by atoms with E-state index in [9.17, 15) is 5.11 Å². The summed E-state index contributed by atoms with van der Waals surface area (Å²) < 4.78 is 0. The predicted octanol–water partition coefficient (Wildman–Crippen LogP) is 2.42. The molecule has 1 aromatic carbocycles. The van der Waals surface area contributed by atoms with Gasteiger partial charge in [-0.2, -0.15) is 0 Å². The van der Waals surface area contributed by atoms with Gasteiger partial charge in [-0.15, -0.1) is 0 Å². The lowest BCUT2D eigenvalue weighted by molar-refractivity contribution is 0.0188. The van der Waals surface area contributed by atoms with Crippen LogP contribution in [-0.2, 0) is 5.60 Å². The van der Waals surface area contributed by atoms with Gasteiger partial charge in [0, 0.05) is 12.1 Å². The Kier molecular flexibility index (Phi) is 2.72. The molecule has 2 nitrogen and oxygen atoms in total. The lowest BCUT2D eigenvalue weighted by Crippen LogP contribution is -2.45. The van der Waals surface area contributed by atoms with Crippen LogP contribution in [0.4, 0.5) is 0 Å². The maximum atomic E-state index is 10.8. The molecule has 0 amide bonds. The van der Waals surface area contributed by atoms with Crippen molar-refractivity contribution in [3.8, 4) is 0 Å². The Bertz CT molecular complexity index is 375. The van der Waals surface area contributed by atoms with E-state index >= 15 is 0 Å². The standard InChI is InChI=1S/C15H21NO/c1-15(17,12-7-3-2-4-8-12)14-10-11-6-5-9-13(11)16-14/h2-4,7-8,11,13-14,16-17H,5-6,9-10H2,1H3/t11-,13-,14-,15?/m0/s1. The summed E-state index contributed by atoms with van der Waals surface area (Å²) in [5, 5.41) is 14.4. The smallest absolute Gasteiger partial charge is 0.102 e. The number of rotatable bonds is 2. The van der Waals surface area contributed by atoms with Gasteiger partial charge >= 0.3 is 0 Å². The first kappa shape index (κ1) is 11.2. The highest BCUT2D eigenvalue weighted by atomic mass is 16.3. The van der Waals surface area contributed by atoms with Crippen LogP contribution in [0.1, 0.15) is 38.2 Å². The van der Waals surface area contributed by atoms with Crippen LogP contribution in [0.15, 0.2) is 30.3 Å². The Labute approximate surface area is 103 Å². The second kappa shape index (κ2) is 4.11. The van der Waals surface area contributed by atoms with Gasteiger partial charge in [-0.05, 0) is 37.7 Å². The molecule has 1 heterocycles. The van der Waals surface area contributed by atoms with Crippen LogP contribution in [0.2, 0.25) is 0 Å². The van der Waals surface area contributed by atoms with Crippen LogP contribution in [0.3, 0.4) is 0 Å². The average molecular weight is 231 g/mol. The molecule has 0 bridgehead atoms. The minimum atomic E-state index is -0.744. The van der Waals surface area contributed by atoms with Gasteiger partial charge in [0.05, 0.1) is 0 Å². The molecular weight excluding hydrogens is 210 g/mol. The fourth-order valence-corrected chi connectivity index (χ4v) is 3.54. The zero-order valence-corrected chi connectivity index (χ0v) is 10.4. The fourth-order valence-electron chi connectivity index (χ4n) is 3.54. The van der Waals surface area contributed by atoms with Gasteiger partial charge in [-0.25, -0.2) is 0 Å². The van der Waals surface area contributed by atoms with Gasteiger partial charge in [0.1, 0.15) is 5.60 Å². The van der Waals surface area contributed by atoms with E-state index < -0.39 is 5.60 Å². The first-order valence-electron chi connectivity index (χ1n) is 6.72. The van der Waals surface area contributed by atoms with Crippen LogP contribution < -0.4 is 5.32 Å². The minimum absolute atomic E-state index is 0.209. The Hall–Kier alpha value is -0.860. The maximum absolute atomic E-state index is 10.8. The fraction of sp³-hybridized carbons (Fsp3) is 0.600. The molecule has 1 aromatic rings. The van der Waals surface area contributed by atoms with Crippen LogP contribution in [-0.4, -0.2) is 17.2 Å². The van der Waals surface area contributed by atoms with Crippen molar-refractivity contribution in [2.75, 3.05) is 0 Å². The lowest BCUT2D eigenvalue weighted by Gasteiger charge is -2.31. The SMILES string of the molecule is CC(O)(c1ccccc1)[C@@H]1C[C@@H]2CCC[C@@H]2N1. The number of benzene rings is 1. The van der Waals surface area contributed by atoms with Gasteiger partial charge in [0.15, 0.2) is 0 Å². The number of aliphatic hydroxyl groups is 1. The number of nitrogens with one attached hydrogen (secondary N) is 1. The number of fused-ring (bicyclic) bond motifs is 1. The highest BCUT2D eigenvalue weighted by Gasteiger charge is 2.44. The molecule has 0 spiro atoms. The summed E-state index contributed by atoms with van der Waals surface area (Å²) in [7, 11) is 0. The largest absolute Gasteiger partial charge is 0.384 e.